The molecular formula is C18H18N2O. The van der Waals surface area contributed by atoms with E-state index in [0.717, 1.165) is 22.9 Å². The Morgan fingerprint density at radius 3 is 2.57 bits per heavy atom. The van der Waals surface area contributed by atoms with Crippen molar-refractivity contribution < 1.29 is 4.79 Å². The average Bonchev–Trinajstić information content (AvgIpc) is 2.97. The number of H-pyrrole nitrogens is 1. The molecule has 0 aliphatic heterocycles. The summed E-state index contributed by atoms with van der Waals surface area (Å²) < 4.78 is 0. The monoisotopic (exact) mass is 278 g/mol. The number of benzene rings is 2. The van der Waals surface area contributed by atoms with Crippen LogP contribution in [-0.2, 0) is 0 Å². The molecule has 0 aliphatic rings. The van der Waals surface area contributed by atoms with E-state index in [0.29, 0.717) is 5.56 Å². The number of nitrogens with one attached hydrogen (secondary N) is 2. The van der Waals surface area contributed by atoms with Crippen LogP contribution in [0.15, 0.2) is 60.8 Å². The van der Waals surface area contributed by atoms with Crippen LogP contribution in [-0.4, -0.2) is 10.9 Å². The lowest BCUT2D eigenvalue weighted by Gasteiger charge is -2.17. The molecule has 3 rings (SSSR count). The van der Waals surface area contributed by atoms with E-state index in [1.54, 1.807) is 6.20 Å². The number of carbonyl (C=O) groups is 1. The Kier molecular flexibility index (Phi) is 3.73. The van der Waals surface area contributed by atoms with Crippen LogP contribution in [0.1, 0.15) is 35.3 Å². The Morgan fingerprint density at radius 1 is 1.10 bits per heavy atom. The second kappa shape index (κ2) is 5.83. The van der Waals surface area contributed by atoms with Crippen LogP contribution >= 0.6 is 0 Å². The van der Waals surface area contributed by atoms with Crippen molar-refractivity contribution in [3.05, 3.63) is 71.9 Å². The van der Waals surface area contributed by atoms with Gasteiger partial charge in [-0.2, -0.15) is 0 Å². The molecular weight excluding hydrogens is 260 g/mol. The van der Waals surface area contributed by atoms with Crippen LogP contribution in [0.5, 0.6) is 0 Å². The fourth-order valence-electron chi connectivity index (χ4n) is 2.60. The number of aromatic amines is 1. The Morgan fingerprint density at radius 2 is 1.81 bits per heavy atom. The molecule has 0 aliphatic carbocycles. The van der Waals surface area contributed by atoms with Gasteiger partial charge in [-0.3, -0.25) is 4.79 Å². The molecule has 3 nitrogen and oxygen atoms in total. The number of fused-ring (bicyclic) bond motifs is 1. The summed E-state index contributed by atoms with van der Waals surface area (Å²) in [5.74, 6) is -0.0387. The van der Waals surface area contributed by atoms with E-state index < -0.39 is 0 Å². The molecule has 1 atom stereocenters. The van der Waals surface area contributed by atoms with E-state index in [2.05, 4.69) is 17.2 Å². The zero-order valence-corrected chi connectivity index (χ0v) is 12.0. The summed E-state index contributed by atoms with van der Waals surface area (Å²) in [4.78, 5) is 15.7. The highest BCUT2D eigenvalue weighted by molar-refractivity contribution is 6.06. The Hall–Kier alpha value is -2.55. The van der Waals surface area contributed by atoms with Gasteiger partial charge in [0.25, 0.3) is 5.91 Å². The third-order valence-corrected chi connectivity index (χ3v) is 3.75. The zero-order chi connectivity index (χ0) is 14.7. The van der Waals surface area contributed by atoms with Crippen LogP contribution in [0.25, 0.3) is 10.9 Å². The molecule has 1 heterocycles. The number of hydrogen-bond acceptors (Lipinski definition) is 1. The molecule has 0 saturated heterocycles. The van der Waals surface area contributed by atoms with Crippen molar-refractivity contribution in [1.82, 2.24) is 10.3 Å². The smallest absolute Gasteiger partial charge is 0.253 e. The molecule has 0 spiro atoms. The first-order valence-electron chi connectivity index (χ1n) is 7.21. The molecule has 3 heteroatoms. The third kappa shape index (κ3) is 2.68. The fourth-order valence-corrected chi connectivity index (χ4v) is 2.60. The highest BCUT2D eigenvalue weighted by atomic mass is 16.1. The fraction of sp³-hybridized carbons (Fsp3) is 0.167. The molecule has 0 saturated carbocycles. The number of carbonyl (C=O) groups excluding carboxylic acids is 1. The number of aromatic nitrogens is 1. The van der Waals surface area contributed by atoms with E-state index in [-0.39, 0.29) is 11.9 Å². The van der Waals surface area contributed by atoms with Gasteiger partial charge in [0.2, 0.25) is 0 Å². The minimum absolute atomic E-state index is 0.0346. The van der Waals surface area contributed by atoms with Gasteiger partial charge >= 0.3 is 0 Å². The van der Waals surface area contributed by atoms with Gasteiger partial charge in [0.15, 0.2) is 0 Å². The molecule has 1 amide bonds. The first kappa shape index (κ1) is 13.4. The molecule has 1 unspecified atom stereocenters. The van der Waals surface area contributed by atoms with Gasteiger partial charge in [0.1, 0.15) is 0 Å². The van der Waals surface area contributed by atoms with Crippen molar-refractivity contribution in [2.45, 2.75) is 19.4 Å². The summed E-state index contributed by atoms with van der Waals surface area (Å²) in [6, 6.07) is 17.9. The normalized spacial score (nSPS) is 12.2. The predicted octanol–water partition coefficient (Wildman–Crippen LogP) is 4.05. The number of rotatable bonds is 4. The maximum atomic E-state index is 12.5. The van der Waals surface area contributed by atoms with Crippen molar-refractivity contribution in [3.63, 3.8) is 0 Å². The number of para-hydroxylation sites is 1. The van der Waals surface area contributed by atoms with Gasteiger partial charge in [-0.05, 0) is 18.1 Å². The van der Waals surface area contributed by atoms with Crippen molar-refractivity contribution in [2.24, 2.45) is 0 Å². The second-order valence-corrected chi connectivity index (χ2v) is 5.09. The van der Waals surface area contributed by atoms with Crippen LogP contribution in [0.2, 0.25) is 0 Å². The summed E-state index contributed by atoms with van der Waals surface area (Å²) in [6.45, 7) is 2.08. The SMILES string of the molecule is CCC(NC(=O)c1c[nH]c2ccccc12)c1ccccc1. The van der Waals surface area contributed by atoms with Gasteiger partial charge in [0.05, 0.1) is 11.6 Å². The topological polar surface area (TPSA) is 44.9 Å². The Bertz CT molecular complexity index is 746. The molecule has 3 aromatic rings. The summed E-state index contributed by atoms with van der Waals surface area (Å²) >= 11 is 0. The molecule has 0 fully saturated rings. The van der Waals surface area contributed by atoms with E-state index in [9.17, 15) is 4.79 Å². The number of amides is 1. The molecule has 0 radical (unpaired) electrons. The summed E-state index contributed by atoms with van der Waals surface area (Å²) in [5.41, 5.74) is 2.81. The van der Waals surface area contributed by atoms with Gasteiger partial charge in [-0.1, -0.05) is 55.5 Å². The lowest BCUT2D eigenvalue weighted by atomic mass is 10.0. The lowest BCUT2D eigenvalue weighted by molar-refractivity contribution is 0.0937. The summed E-state index contributed by atoms with van der Waals surface area (Å²) in [5, 5.41) is 4.07. The second-order valence-electron chi connectivity index (χ2n) is 5.09. The molecule has 21 heavy (non-hydrogen) atoms. The molecule has 0 bridgehead atoms. The summed E-state index contributed by atoms with van der Waals surface area (Å²) in [6.07, 6.45) is 2.63. The minimum atomic E-state index is -0.0387. The molecule has 2 aromatic carbocycles. The molecule has 106 valence electrons. The van der Waals surface area contributed by atoms with E-state index in [1.165, 1.54) is 0 Å². The maximum Gasteiger partial charge on any atom is 0.253 e. The van der Waals surface area contributed by atoms with Gasteiger partial charge in [-0.15, -0.1) is 0 Å². The van der Waals surface area contributed by atoms with Crippen molar-refractivity contribution in [2.75, 3.05) is 0 Å². The van der Waals surface area contributed by atoms with Crippen LogP contribution in [0.3, 0.4) is 0 Å². The summed E-state index contributed by atoms with van der Waals surface area (Å²) in [7, 11) is 0. The van der Waals surface area contributed by atoms with E-state index in [1.807, 2.05) is 54.6 Å². The lowest BCUT2D eigenvalue weighted by Crippen LogP contribution is -2.27. The largest absolute Gasteiger partial charge is 0.360 e. The van der Waals surface area contributed by atoms with Crippen LogP contribution in [0.4, 0.5) is 0 Å². The highest BCUT2D eigenvalue weighted by Gasteiger charge is 2.16. The zero-order valence-electron chi connectivity index (χ0n) is 12.0. The number of hydrogen-bond donors (Lipinski definition) is 2. The van der Waals surface area contributed by atoms with Crippen LogP contribution < -0.4 is 5.32 Å². The molecule has 2 N–H and O–H groups in total. The predicted molar refractivity (Wildman–Crippen MR) is 85.2 cm³/mol. The average molecular weight is 278 g/mol. The molecule has 1 aromatic heterocycles. The van der Waals surface area contributed by atoms with E-state index >= 15 is 0 Å². The Labute approximate surface area is 124 Å². The first-order chi connectivity index (χ1) is 10.3. The van der Waals surface area contributed by atoms with Crippen LogP contribution in [0, 0.1) is 0 Å². The quantitative estimate of drug-likeness (QED) is 0.743. The maximum absolute atomic E-state index is 12.5. The van der Waals surface area contributed by atoms with Crippen molar-refractivity contribution >= 4 is 16.8 Å². The van der Waals surface area contributed by atoms with Gasteiger partial charge in [-0.25, -0.2) is 0 Å². The van der Waals surface area contributed by atoms with Gasteiger partial charge < -0.3 is 10.3 Å². The van der Waals surface area contributed by atoms with E-state index in [4.69, 9.17) is 0 Å². The standard InChI is InChI=1S/C18H18N2O/c1-2-16(13-8-4-3-5-9-13)20-18(21)15-12-19-17-11-7-6-10-14(15)17/h3-12,16,19H,2H2,1H3,(H,20,21). The Balaban J connectivity index is 1.85. The minimum Gasteiger partial charge on any atom is -0.360 e. The highest BCUT2D eigenvalue weighted by Crippen LogP contribution is 2.20. The third-order valence-electron chi connectivity index (χ3n) is 3.75. The van der Waals surface area contributed by atoms with Crippen molar-refractivity contribution in [3.8, 4) is 0 Å². The van der Waals surface area contributed by atoms with Crippen molar-refractivity contribution in [1.29, 1.82) is 0 Å². The van der Waals surface area contributed by atoms with Gasteiger partial charge in [0, 0.05) is 17.1 Å². The first-order valence-corrected chi connectivity index (χ1v) is 7.21.